The number of benzene rings is 1. The molecule has 1 atom stereocenters. The number of aromatic nitrogens is 2. The van der Waals surface area contributed by atoms with Crippen molar-refractivity contribution in [3.8, 4) is 0 Å². The molecule has 3 rings (SSSR count). The third-order valence-corrected chi connectivity index (χ3v) is 5.44. The Morgan fingerprint density at radius 2 is 2.29 bits per heavy atom. The fraction of sp³-hybridized carbons (Fsp3) is 0.333. The number of aryl methyl sites for hydroxylation is 1. The smallest absolute Gasteiger partial charge is 0.281 e. The maximum atomic E-state index is 11.9. The minimum atomic E-state index is -0.116. The van der Waals surface area contributed by atoms with Gasteiger partial charge in [0.25, 0.3) is 5.56 Å². The van der Waals surface area contributed by atoms with E-state index in [4.69, 9.17) is 0 Å². The molecular formula is C12H11BrN2OS. The second-order valence-electron chi connectivity index (χ2n) is 4.05. The van der Waals surface area contributed by atoms with E-state index in [1.165, 1.54) is 0 Å². The minimum absolute atomic E-state index is 0.116. The number of hydrogen-bond acceptors (Lipinski definition) is 3. The van der Waals surface area contributed by atoms with Gasteiger partial charge in [0.1, 0.15) is 0 Å². The van der Waals surface area contributed by atoms with Crippen molar-refractivity contribution >= 4 is 38.6 Å². The summed E-state index contributed by atoms with van der Waals surface area (Å²) in [5.41, 5.74) is 0.887. The first-order valence-electron chi connectivity index (χ1n) is 5.52. The first-order chi connectivity index (χ1) is 8.29. The van der Waals surface area contributed by atoms with Gasteiger partial charge in [0, 0.05) is 17.1 Å². The fourth-order valence-corrected chi connectivity index (χ4v) is 3.85. The molecule has 0 aliphatic carbocycles. The third kappa shape index (κ3) is 1.91. The Labute approximate surface area is 111 Å². The van der Waals surface area contributed by atoms with E-state index in [-0.39, 0.29) is 5.56 Å². The van der Waals surface area contributed by atoms with Gasteiger partial charge in [-0.2, -0.15) is 4.98 Å². The molecule has 2 heterocycles. The number of thioether (sulfide) groups is 1. The van der Waals surface area contributed by atoms with Crippen molar-refractivity contribution < 1.29 is 0 Å². The summed E-state index contributed by atoms with van der Waals surface area (Å²) in [6.45, 7) is 0.937. The van der Waals surface area contributed by atoms with Crippen LogP contribution in [0.15, 0.2) is 34.2 Å². The predicted octanol–water partition coefficient (Wildman–Crippen LogP) is 2.66. The molecule has 0 saturated heterocycles. The molecule has 0 saturated carbocycles. The van der Waals surface area contributed by atoms with Crippen molar-refractivity contribution in [2.45, 2.75) is 23.4 Å². The van der Waals surface area contributed by atoms with Crippen LogP contribution in [0.4, 0.5) is 0 Å². The number of alkyl halides is 1. The summed E-state index contributed by atoms with van der Waals surface area (Å²) in [4.78, 5) is 16.1. The van der Waals surface area contributed by atoms with Gasteiger partial charge in [-0.25, -0.2) is 0 Å². The lowest BCUT2D eigenvalue weighted by Crippen LogP contribution is -2.23. The fourth-order valence-electron chi connectivity index (χ4n) is 2.10. The van der Waals surface area contributed by atoms with Gasteiger partial charge in [0.15, 0.2) is 5.16 Å². The SMILES string of the molecule is O=c1nc2n(c3ccccc13)CCC(CBr)S2. The summed E-state index contributed by atoms with van der Waals surface area (Å²) >= 11 is 5.19. The Balaban J connectivity index is 2.24. The molecule has 1 aliphatic rings. The molecule has 5 heteroatoms. The van der Waals surface area contributed by atoms with E-state index in [0.29, 0.717) is 10.6 Å². The van der Waals surface area contributed by atoms with E-state index < -0.39 is 0 Å². The normalized spacial score (nSPS) is 19.2. The highest BCUT2D eigenvalue weighted by molar-refractivity contribution is 9.09. The van der Waals surface area contributed by atoms with Crippen molar-refractivity contribution in [2.75, 3.05) is 5.33 Å². The first-order valence-corrected chi connectivity index (χ1v) is 7.52. The average Bonchev–Trinajstić information content (AvgIpc) is 2.38. The van der Waals surface area contributed by atoms with Gasteiger partial charge in [-0.15, -0.1) is 0 Å². The van der Waals surface area contributed by atoms with Gasteiger partial charge in [-0.05, 0) is 18.6 Å². The Morgan fingerprint density at radius 1 is 1.47 bits per heavy atom. The van der Waals surface area contributed by atoms with Crippen LogP contribution in [0.3, 0.4) is 0 Å². The maximum Gasteiger partial charge on any atom is 0.281 e. The monoisotopic (exact) mass is 310 g/mol. The lowest BCUT2D eigenvalue weighted by molar-refractivity contribution is 0.570. The van der Waals surface area contributed by atoms with Crippen LogP contribution in [0.5, 0.6) is 0 Å². The number of nitrogens with zero attached hydrogens (tertiary/aromatic N) is 2. The zero-order valence-corrected chi connectivity index (χ0v) is 11.5. The number of halogens is 1. The molecule has 88 valence electrons. The van der Waals surface area contributed by atoms with Crippen LogP contribution in [0.2, 0.25) is 0 Å². The van der Waals surface area contributed by atoms with E-state index in [9.17, 15) is 4.79 Å². The molecule has 0 amide bonds. The van der Waals surface area contributed by atoms with Gasteiger partial charge in [-0.1, -0.05) is 39.8 Å². The zero-order valence-electron chi connectivity index (χ0n) is 9.10. The maximum absolute atomic E-state index is 11.9. The number of para-hydroxylation sites is 1. The Bertz CT molecular complexity index is 625. The topological polar surface area (TPSA) is 34.9 Å². The van der Waals surface area contributed by atoms with Gasteiger partial charge in [-0.3, -0.25) is 4.79 Å². The quantitative estimate of drug-likeness (QED) is 0.600. The molecule has 0 N–H and O–H groups in total. The van der Waals surface area contributed by atoms with Crippen molar-refractivity contribution in [2.24, 2.45) is 0 Å². The van der Waals surface area contributed by atoms with Gasteiger partial charge < -0.3 is 4.57 Å². The van der Waals surface area contributed by atoms with Crippen molar-refractivity contribution in [3.05, 3.63) is 34.6 Å². The highest BCUT2D eigenvalue weighted by Gasteiger charge is 2.21. The molecule has 1 unspecified atom stereocenters. The minimum Gasteiger partial charge on any atom is -0.320 e. The highest BCUT2D eigenvalue weighted by Crippen LogP contribution is 2.31. The Morgan fingerprint density at radius 3 is 3.12 bits per heavy atom. The van der Waals surface area contributed by atoms with Crippen molar-refractivity contribution in [1.82, 2.24) is 9.55 Å². The molecule has 0 spiro atoms. The molecule has 2 aromatic rings. The van der Waals surface area contributed by atoms with Crippen LogP contribution in [-0.2, 0) is 6.54 Å². The largest absolute Gasteiger partial charge is 0.320 e. The van der Waals surface area contributed by atoms with Gasteiger partial charge >= 0.3 is 0 Å². The van der Waals surface area contributed by atoms with Crippen LogP contribution < -0.4 is 5.56 Å². The van der Waals surface area contributed by atoms with Gasteiger partial charge in [0.05, 0.1) is 10.9 Å². The summed E-state index contributed by atoms with van der Waals surface area (Å²) < 4.78 is 2.15. The van der Waals surface area contributed by atoms with Crippen LogP contribution >= 0.6 is 27.7 Å². The Kier molecular flexibility index (Phi) is 2.96. The zero-order chi connectivity index (χ0) is 11.8. The van der Waals surface area contributed by atoms with Crippen molar-refractivity contribution in [1.29, 1.82) is 0 Å². The number of rotatable bonds is 1. The summed E-state index contributed by atoms with van der Waals surface area (Å²) in [7, 11) is 0. The molecule has 3 nitrogen and oxygen atoms in total. The van der Waals surface area contributed by atoms with Gasteiger partial charge in [0.2, 0.25) is 0 Å². The molecule has 1 aliphatic heterocycles. The highest BCUT2D eigenvalue weighted by atomic mass is 79.9. The van der Waals surface area contributed by atoms with Crippen LogP contribution in [-0.4, -0.2) is 20.1 Å². The lowest BCUT2D eigenvalue weighted by atomic mass is 10.2. The second-order valence-corrected chi connectivity index (χ2v) is 5.97. The van der Waals surface area contributed by atoms with E-state index in [1.807, 2.05) is 24.3 Å². The van der Waals surface area contributed by atoms with E-state index in [1.54, 1.807) is 11.8 Å². The molecular weight excluding hydrogens is 300 g/mol. The molecule has 1 aromatic heterocycles. The first kappa shape index (κ1) is 11.3. The van der Waals surface area contributed by atoms with E-state index in [2.05, 4.69) is 25.5 Å². The molecule has 17 heavy (non-hydrogen) atoms. The summed E-state index contributed by atoms with van der Waals surface area (Å²) in [5, 5.41) is 3.03. The van der Waals surface area contributed by atoms with E-state index in [0.717, 1.165) is 29.0 Å². The number of hydrogen-bond donors (Lipinski definition) is 0. The van der Waals surface area contributed by atoms with Crippen molar-refractivity contribution in [3.63, 3.8) is 0 Å². The predicted molar refractivity (Wildman–Crippen MR) is 74.1 cm³/mol. The number of fused-ring (bicyclic) bond motifs is 3. The molecule has 0 bridgehead atoms. The van der Waals surface area contributed by atoms with Crippen LogP contribution in [0.25, 0.3) is 10.9 Å². The lowest BCUT2D eigenvalue weighted by Gasteiger charge is -2.24. The molecule has 0 fully saturated rings. The molecule has 1 aromatic carbocycles. The average molecular weight is 311 g/mol. The summed E-state index contributed by atoms with van der Waals surface area (Å²) in [5.74, 6) is 0. The van der Waals surface area contributed by atoms with E-state index >= 15 is 0 Å². The second kappa shape index (κ2) is 4.46. The van der Waals surface area contributed by atoms with Crippen LogP contribution in [0, 0.1) is 0 Å². The molecule has 0 radical (unpaired) electrons. The third-order valence-electron chi connectivity index (χ3n) is 2.97. The summed E-state index contributed by atoms with van der Waals surface area (Å²) in [6.07, 6.45) is 1.11. The summed E-state index contributed by atoms with van der Waals surface area (Å²) in [6, 6.07) is 7.70. The standard InChI is InChI=1S/C12H11BrN2OS/c13-7-8-5-6-15-10-4-2-1-3-9(10)11(16)14-12(15)17-8/h1-4,8H,5-7H2. The van der Waals surface area contributed by atoms with Crippen LogP contribution in [0.1, 0.15) is 6.42 Å². The Hall–Kier alpha value is -0.810.